The van der Waals surface area contributed by atoms with Crippen LogP contribution in [0.4, 0.5) is 5.95 Å². The van der Waals surface area contributed by atoms with Crippen LogP contribution in [-0.2, 0) is 4.79 Å². The number of carbonyl (C=O) groups is 1. The van der Waals surface area contributed by atoms with Crippen molar-refractivity contribution in [3.05, 3.63) is 17.5 Å². The monoisotopic (exact) mass is 244 g/mol. The van der Waals surface area contributed by atoms with Crippen LogP contribution in [0, 0.1) is 26.2 Å². The van der Waals surface area contributed by atoms with E-state index in [1.165, 1.54) is 0 Å². The Kier molecular flexibility index (Phi) is 3.47. The van der Waals surface area contributed by atoms with E-state index < -0.39 is 0 Å². The molecule has 1 aromatic rings. The fraction of sp³-hybridized carbons (Fsp3) is 0.462. The van der Waals surface area contributed by atoms with E-state index >= 15 is 0 Å². The van der Waals surface area contributed by atoms with Crippen molar-refractivity contribution in [3.8, 4) is 12.3 Å². The third-order valence-electron chi connectivity index (χ3n) is 2.94. The fourth-order valence-corrected chi connectivity index (χ4v) is 2.05. The standard InChI is InChI=1S/C13H16N4O/c1-4-12(18)16-5-7-17(8-6-16)13-14-10(2)9-11(3)15-13/h1,9H,5-8H2,2-3H3. The van der Waals surface area contributed by atoms with Crippen LogP contribution in [0.5, 0.6) is 0 Å². The number of anilines is 1. The Morgan fingerprint density at radius 2 is 1.78 bits per heavy atom. The average Bonchev–Trinajstić information content (AvgIpc) is 2.37. The number of hydrogen-bond donors (Lipinski definition) is 0. The molecule has 5 nitrogen and oxygen atoms in total. The summed E-state index contributed by atoms with van der Waals surface area (Å²) in [7, 11) is 0. The van der Waals surface area contributed by atoms with Gasteiger partial charge >= 0.3 is 0 Å². The van der Waals surface area contributed by atoms with Crippen molar-refractivity contribution < 1.29 is 4.79 Å². The molecule has 94 valence electrons. The molecule has 0 spiro atoms. The second kappa shape index (κ2) is 5.05. The molecule has 0 bridgehead atoms. The Balaban J connectivity index is 2.06. The Labute approximate surface area is 107 Å². The molecule has 1 aliphatic heterocycles. The van der Waals surface area contributed by atoms with Gasteiger partial charge in [-0.1, -0.05) is 0 Å². The molecule has 0 aromatic carbocycles. The van der Waals surface area contributed by atoms with Crippen molar-refractivity contribution in [2.45, 2.75) is 13.8 Å². The molecule has 1 fully saturated rings. The Morgan fingerprint density at radius 3 is 2.28 bits per heavy atom. The molecule has 1 aliphatic rings. The maximum Gasteiger partial charge on any atom is 0.298 e. The second-order valence-electron chi connectivity index (χ2n) is 4.37. The molecular weight excluding hydrogens is 228 g/mol. The summed E-state index contributed by atoms with van der Waals surface area (Å²) in [6, 6.07) is 1.95. The van der Waals surface area contributed by atoms with Crippen LogP contribution in [0.25, 0.3) is 0 Å². The third-order valence-corrected chi connectivity index (χ3v) is 2.94. The molecule has 18 heavy (non-hydrogen) atoms. The normalized spacial score (nSPS) is 15.4. The van der Waals surface area contributed by atoms with Gasteiger partial charge in [-0.05, 0) is 25.8 Å². The number of hydrogen-bond acceptors (Lipinski definition) is 4. The van der Waals surface area contributed by atoms with Crippen LogP contribution in [-0.4, -0.2) is 47.0 Å². The highest BCUT2D eigenvalue weighted by Crippen LogP contribution is 2.12. The second-order valence-corrected chi connectivity index (χ2v) is 4.37. The zero-order valence-electron chi connectivity index (χ0n) is 10.7. The maximum atomic E-state index is 11.4. The summed E-state index contributed by atoms with van der Waals surface area (Å²) in [6.45, 7) is 6.60. The highest BCUT2D eigenvalue weighted by molar-refractivity contribution is 5.93. The van der Waals surface area contributed by atoms with Gasteiger partial charge in [0.1, 0.15) is 0 Å². The molecule has 1 aromatic heterocycles. The van der Waals surface area contributed by atoms with Gasteiger partial charge in [-0.25, -0.2) is 9.97 Å². The summed E-state index contributed by atoms with van der Waals surface area (Å²) >= 11 is 0. The molecule has 0 radical (unpaired) electrons. The van der Waals surface area contributed by atoms with E-state index in [0.29, 0.717) is 13.1 Å². The Bertz CT molecular complexity index is 478. The number of aromatic nitrogens is 2. The first-order chi connectivity index (χ1) is 8.60. The lowest BCUT2D eigenvalue weighted by Crippen LogP contribution is -2.49. The van der Waals surface area contributed by atoms with Gasteiger partial charge in [0.2, 0.25) is 5.95 Å². The highest BCUT2D eigenvalue weighted by Gasteiger charge is 2.21. The highest BCUT2D eigenvalue weighted by atomic mass is 16.2. The van der Waals surface area contributed by atoms with Gasteiger partial charge in [0.05, 0.1) is 0 Å². The van der Waals surface area contributed by atoms with Gasteiger partial charge in [-0.3, -0.25) is 4.79 Å². The number of amides is 1. The van der Waals surface area contributed by atoms with Gasteiger partial charge < -0.3 is 9.80 Å². The quantitative estimate of drug-likeness (QED) is 0.670. The van der Waals surface area contributed by atoms with Crippen LogP contribution < -0.4 is 4.90 Å². The average molecular weight is 244 g/mol. The molecule has 0 unspecified atom stereocenters. The van der Waals surface area contributed by atoms with Gasteiger partial charge in [-0.2, -0.15) is 0 Å². The molecule has 0 atom stereocenters. The van der Waals surface area contributed by atoms with Crippen molar-refractivity contribution in [1.82, 2.24) is 14.9 Å². The zero-order valence-corrected chi connectivity index (χ0v) is 10.7. The molecule has 2 heterocycles. The van der Waals surface area contributed by atoms with E-state index in [-0.39, 0.29) is 5.91 Å². The largest absolute Gasteiger partial charge is 0.337 e. The minimum absolute atomic E-state index is 0.240. The molecule has 0 saturated carbocycles. The van der Waals surface area contributed by atoms with Crippen LogP contribution in [0.3, 0.4) is 0 Å². The summed E-state index contributed by atoms with van der Waals surface area (Å²) in [4.78, 5) is 24.0. The van der Waals surface area contributed by atoms with Crippen LogP contribution in [0.15, 0.2) is 6.07 Å². The first-order valence-electron chi connectivity index (χ1n) is 5.93. The van der Waals surface area contributed by atoms with Gasteiger partial charge in [0.15, 0.2) is 0 Å². The van der Waals surface area contributed by atoms with Crippen molar-refractivity contribution in [1.29, 1.82) is 0 Å². The lowest BCUT2D eigenvalue weighted by Gasteiger charge is -2.33. The smallest absolute Gasteiger partial charge is 0.298 e. The summed E-state index contributed by atoms with van der Waals surface area (Å²) in [5.74, 6) is 2.64. The number of carbonyl (C=O) groups excluding carboxylic acids is 1. The summed E-state index contributed by atoms with van der Waals surface area (Å²) in [6.07, 6.45) is 5.11. The molecular formula is C13H16N4O. The predicted molar refractivity (Wildman–Crippen MR) is 69.1 cm³/mol. The lowest BCUT2D eigenvalue weighted by atomic mass is 10.3. The first kappa shape index (κ1) is 12.4. The van der Waals surface area contributed by atoms with Gasteiger partial charge in [0, 0.05) is 37.6 Å². The van der Waals surface area contributed by atoms with E-state index in [2.05, 4.69) is 20.8 Å². The topological polar surface area (TPSA) is 49.3 Å². The molecule has 5 heteroatoms. The molecule has 1 amide bonds. The summed E-state index contributed by atoms with van der Waals surface area (Å²) in [5.41, 5.74) is 1.92. The number of piperazine rings is 1. The maximum absolute atomic E-state index is 11.4. The third kappa shape index (κ3) is 2.59. The molecule has 2 rings (SSSR count). The van der Waals surface area contributed by atoms with Gasteiger partial charge in [-0.15, -0.1) is 6.42 Å². The fourth-order valence-electron chi connectivity index (χ4n) is 2.05. The zero-order chi connectivity index (χ0) is 13.1. The van der Waals surface area contributed by atoms with Crippen molar-refractivity contribution in [3.63, 3.8) is 0 Å². The minimum Gasteiger partial charge on any atom is -0.337 e. The van der Waals surface area contributed by atoms with Crippen LogP contribution >= 0.6 is 0 Å². The Morgan fingerprint density at radius 1 is 1.22 bits per heavy atom. The molecule has 0 aliphatic carbocycles. The summed E-state index contributed by atoms with van der Waals surface area (Å²) in [5, 5.41) is 0. The lowest BCUT2D eigenvalue weighted by molar-refractivity contribution is -0.125. The van der Waals surface area contributed by atoms with E-state index in [1.807, 2.05) is 19.9 Å². The molecule has 1 saturated heterocycles. The Hall–Kier alpha value is -2.09. The number of aryl methyl sites for hydroxylation is 2. The van der Waals surface area contributed by atoms with E-state index in [4.69, 9.17) is 6.42 Å². The van der Waals surface area contributed by atoms with Gasteiger partial charge in [0.25, 0.3) is 5.91 Å². The first-order valence-corrected chi connectivity index (χ1v) is 5.93. The SMILES string of the molecule is C#CC(=O)N1CCN(c2nc(C)cc(C)n2)CC1. The summed E-state index contributed by atoms with van der Waals surface area (Å²) < 4.78 is 0. The predicted octanol–water partition coefficient (Wildman–Crippen LogP) is 0.375. The molecule has 0 N–H and O–H groups in total. The number of terminal acetylenes is 1. The minimum atomic E-state index is -0.240. The van der Waals surface area contributed by atoms with Crippen molar-refractivity contribution in [2.75, 3.05) is 31.1 Å². The van der Waals surface area contributed by atoms with Crippen molar-refractivity contribution in [2.24, 2.45) is 0 Å². The van der Waals surface area contributed by atoms with E-state index in [9.17, 15) is 4.79 Å². The van der Waals surface area contributed by atoms with Crippen molar-refractivity contribution >= 4 is 11.9 Å². The number of rotatable bonds is 1. The van der Waals surface area contributed by atoms with Crippen LogP contribution in [0.2, 0.25) is 0 Å². The van der Waals surface area contributed by atoms with Crippen LogP contribution in [0.1, 0.15) is 11.4 Å². The van der Waals surface area contributed by atoms with E-state index in [0.717, 1.165) is 30.4 Å². The number of nitrogens with zero attached hydrogens (tertiary/aromatic N) is 4. The van der Waals surface area contributed by atoms with E-state index in [1.54, 1.807) is 4.90 Å².